The number of ketones is 1. The number of nitrogens with one attached hydrogen (secondary N) is 2. The Morgan fingerprint density at radius 2 is 1.58 bits per heavy atom. The molecule has 2 spiro atoms. The highest BCUT2D eigenvalue weighted by Gasteiger charge is 2.50. The minimum atomic E-state index is -0.522. The van der Waals surface area contributed by atoms with E-state index in [9.17, 15) is 19.2 Å². The maximum absolute atomic E-state index is 11.4. The van der Waals surface area contributed by atoms with Crippen LogP contribution in [0.25, 0.3) is 0 Å². The number of likely N-dealkylation sites (N-methyl/N-ethyl adjacent to an activating group) is 1. The number of nitrogens with zero attached hydrogens (tertiary/aromatic N) is 2. The van der Waals surface area contributed by atoms with E-state index in [2.05, 4.69) is 20.4 Å². The lowest BCUT2D eigenvalue weighted by Crippen LogP contribution is -2.48. The van der Waals surface area contributed by atoms with Gasteiger partial charge < -0.3 is 15.1 Å². The van der Waals surface area contributed by atoms with Crippen molar-refractivity contribution in [2.45, 2.75) is 31.2 Å². The van der Waals surface area contributed by atoms with Crippen molar-refractivity contribution >= 4 is 23.5 Å². The number of carbonyl (C=O) groups is 4. The van der Waals surface area contributed by atoms with Crippen LogP contribution in [0.15, 0.2) is 0 Å². The molecule has 8 nitrogen and oxygen atoms in total. The Bertz CT molecular complexity index is 555. The third-order valence-corrected chi connectivity index (χ3v) is 5.47. The zero-order valence-corrected chi connectivity index (χ0v) is 14.2. The van der Waals surface area contributed by atoms with Crippen molar-refractivity contribution in [1.29, 1.82) is 0 Å². The molecule has 2 unspecified atom stereocenters. The molecule has 0 aromatic rings. The monoisotopic (exact) mass is 336 g/mol. The van der Waals surface area contributed by atoms with E-state index in [1.54, 1.807) is 0 Å². The van der Waals surface area contributed by atoms with Crippen LogP contribution >= 0.6 is 0 Å². The molecule has 0 aliphatic carbocycles. The van der Waals surface area contributed by atoms with Crippen LogP contribution in [-0.2, 0) is 19.2 Å². The first kappa shape index (κ1) is 17.0. The van der Waals surface area contributed by atoms with E-state index in [4.69, 9.17) is 0 Å². The molecule has 0 bridgehead atoms. The first-order valence-corrected chi connectivity index (χ1v) is 8.30. The Morgan fingerprint density at radius 1 is 0.917 bits per heavy atom. The average molecular weight is 336 g/mol. The number of hydrogen-bond donors (Lipinski definition) is 2. The number of Topliss-reactive ketones (excluding diaryl/α,β-unsaturated/α-hetero) is 1. The van der Waals surface area contributed by atoms with Gasteiger partial charge in [-0.2, -0.15) is 0 Å². The molecule has 24 heavy (non-hydrogen) atoms. The van der Waals surface area contributed by atoms with E-state index in [0.717, 1.165) is 32.5 Å². The van der Waals surface area contributed by atoms with Crippen LogP contribution in [0, 0.1) is 5.41 Å². The number of carbonyl (C=O) groups excluding carboxylic acids is 4. The second kappa shape index (κ2) is 5.93. The van der Waals surface area contributed by atoms with Crippen molar-refractivity contribution < 1.29 is 19.2 Å². The summed E-state index contributed by atoms with van der Waals surface area (Å²) in [6.07, 6.45) is 2.05. The Morgan fingerprint density at radius 3 is 2.00 bits per heavy atom. The maximum atomic E-state index is 11.4. The maximum Gasteiger partial charge on any atom is 0.234 e. The van der Waals surface area contributed by atoms with Crippen molar-refractivity contribution in [2.24, 2.45) is 5.41 Å². The minimum absolute atomic E-state index is 0.0665. The normalized spacial score (nSPS) is 36.4. The van der Waals surface area contributed by atoms with Gasteiger partial charge in [0.1, 0.15) is 5.54 Å². The van der Waals surface area contributed by atoms with E-state index in [1.807, 2.05) is 14.1 Å². The highest BCUT2D eigenvalue weighted by molar-refractivity contribution is 6.10. The van der Waals surface area contributed by atoms with Gasteiger partial charge >= 0.3 is 0 Å². The highest BCUT2D eigenvalue weighted by Crippen LogP contribution is 2.36. The van der Waals surface area contributed by atoms with Gasteiger partial charge in [0, 0.05) is 26.1 Å². The van der Waals surface area contributed by atoms with Crippen molar-refractivity contribution in [2.75, 3.05) is 40.3 Å². The van der Waals surface area contributed by atoms with E-state index in [0.29, 0.717) is 13.0 Å². The highest BCUT2D eigenvalue weighted by atomic mass is 16.2. The lowest BCUT2D eigenvalue weighted by molar-refractivity contribution is -0.128. The van der Waals surface area contributed by atoms with Gasteiger partial charge in [0.25, 0.3) is 0 Å². The summed E-state index contributed by atoms with van der Waals surface area (Å²) in [5.41, 5.74) is -0.905. The standard InChI is InChI=1S/2C8H12N2O2/c1-10-3-2-8(5-10)4-6(11)9-7(8)12;1-10-3-2-8(5-10)6(11)4-7(12)9-8/h2-5H2,1H3,(H,9,11,12);2-5H2,1H3,(H,9,12). The van der Waals surface area contributed by atoms with Crippen LogP contribution in [0.5, 0.6) is 0 Å². The molecule has 3 amide bonds. The molecule has 4 fully saturated rings. The summed E-state index contributed by atoms with van der Waals surface area (Å²) in [4.78, 5) is 49.0. The zero-order chi connectivity index (χ0) is 17.5. The first-order valence-electron chi connectivity index (χ1n) is 8.30. The Hall–Kier alpha value is -1.80. The predicted molar refractivity (Wildman–Crippen MR) is 84.9 cm³/mol. The lowest BCUT2D eigenvalue weighted by Gasteiger charge is -2.20. The van der Waals surface area contributed by atoms with E-state index in [-0.39, 0.29) is 35.3 Å². The summed E-state index contributed by atoms with van der Waals surface area (Å²) in [5, 5.41) is 5.14. The molecule has 4 rings (SSSR count). The Labute approximate surface area is 140 Å². The minimum Gasteiger partial charge on any atom is -0.342 e. The van der Waals surface area contributed by atoms with Gasteiger partial charge in [-0.15, -0.1) is 0 Å². The van der Waals surface area contributed by atoms with Crippen LogP contribution in [0.4, 0.5) is 0 Å². The summed E-state index contributed by atoms with van der Waals surface area (Å²) < 4.78 is 0. The van der Waals surface area contributed by atoms with Gasteiger partial charge in [0.15, 0.2) is 5.78 Å². The second-order valence-electron chi connectivity index (χ2n) is 7.54. The van der Waals surface area contributed by atoms with Gasteiger partial charge in [0.05, 0.1) is 11.8 Å². The predicted octanol–water partition coefficient (Wildman–Crippen LogP) is -1.50. The molecule has 0 radical (unpaired) electrons. The number of imide groups is 1. The quantitative estimate of drug-likeness (QED) is 0.413. The van der Waals surface area contributed by atoms with Crippen LogP contribution in [0.2, 0.25) is 0 Å². The SMILES string of the molecule is CN1CCC2(C1)NC(=O)CC2=O.CN1CCC2(CC(=O)NC2=O)C1. The zero-order valence-electron chi connectivity index (χ0n) is 14.2. The average Bonchev–Trinajstić information content (AvgIpc) is 3.17. The molecule has 2 atom stereocenters. The largest absolute Gasteiger partial charge is 0.342 e. The number of likely N-dealkylation sites (tertiary alicyclic amines) is 2. The van der Waals surface area contributed by atoms with Gasteiger partial charge in [-0.05, 0) is 33.5 Å². The summed E-state index contributed by atoms with van der Waals surface area (Å²) in [6.45, 7) is 3.22. The fourth-order valence-electron chi connectivity index (χ4n) is 4.13. The molecule has 4 aliphatic heterocycles. The molecular formula is C16H24N4O4. The number of rotatable bonds is 0. The summed E-state index contributed by atoms with van der Waals surface area (Å²) in [7, 11) is 3.94. The van der Waals surface area contributed by atoms with Crippen LogP contribution in [0.1, 0.15) is 25.7 Å². The van der Waals surface area contributed by atoms with E-state index in [1.165, 1.54) is 0 Å². The molecular weight excluding hydrogens is 312 g/mol. The van der Waals surface area contributed by atoms with Crippen LogP contribution in [0.3, 0.4) is 0 Å². The van der Waals surface area contributed by atoms with Crippen LogP contribution in [-0.4, -0.2) is 79.1 Å². The topological polar surface area (TPSA) is 98.8 Å². The van der Waals surface area contributed by atoms with Gasteiger partial charge in [-0.1, -0.05) is 0 Å². The molecule has 0 saturated carbocycles. The molecule has 4 aliphatic rings. The van der Waals surface area contributed by atoms with Crippen molar-refractivity contribution in [3.63, 3.8) is 0 Å². The molecule has 0 aromatic carbocycles. The van der Waals surface area contributed by atoms with Crippen molar-refractivity contribution in [3.05, 3.63) is 0 Å². The van der Waals surface area contributed by atoms with E-state index >= 15 is 0 Å². The van der Waals surface area contributed by atoms with Gasteiger partial charge in [-0.25, -0.2) is 0 Å². The Kier molecular flexibility index (Phi) is 4.21. The number of hydrogen-bond acceptors (Lipinski definition) is 6. The summed E-state index contributed by atoms with van der Waals surface area (Å²) >= 11 is 0. The molecule has 2 N–H and O–H groups in total. The molecule has 8 heteroatoms. The summed E-state index contributed by atoms with van der Waals surface area (Å²) in [6, 6.07) is 0. The molecule has 4 saturated heterocycles. The van der Waals surface area contributed by atoms with Crippen molar-refractivity contribution in [1.82, 2.24) is 20.4 Å². The molecule has 4 heterocycles. The third kappa shape index (κ3) is 2.95. The third-order valence-electron chi connectivity index (χ3n) is 5.47. The number of amides is 3. The fraction of sp³-hybridized carbons (Fsp3) is 0.750. The lowest BCUT2D eigenvalue weighted by atomic mass is 9.85. The van der Waals surface area contributed by atoms with Gasteiger partial charge in [0.2, 0.25) is 17.7 Å². The first-order chi connectivity index (χ1) is 11.2. The fourth-order valence-corrected chi connectivity index (χ4v) is 4.13. The van der Waals surface area contributed by atoms with E-state index < -0.39 is 5.54 Å². The van der Waals surface area contributed by atoms with Crippen LogP contribution < -0.4 is 10.6 Å². The molecule has 0 aromatic heterocycles. The smallest absolute Gasteiger partial charge is 0.234 e. The Balaban J connectivity index is 0.000000141. The molecule has 132 valence electrons. The van der Waals surface area contributed by atoms with Crippen molar-refractivity contribution in [3.8, 4) is 0 Å². The summed E-state index contributed by atoms with van der Waals surface area (Å²) in [5.74, 6) is -0.237. The van der Waals surface area contributed by atoms with Gasteiger partial charge in [-0.3, -0.25) is 24.5 Å². The second-order valence-corrected chi connectivity index (χ2v) is 7.54.